The topological polar surface area (TPSA) is 0 Å². The summed E-state index contributed by atoms with van der Waals surface area (Å²) in [6.07, 6.45) is 0. The molecule has 0 aromatic carbocycles. The molecule has 0 amide bonds. The van der Waals surface area contributed by atoms with Crippen LogP contribution in [0.3, 0.4) is 0 Å². The maximum absolute atomic E-state index is 14.4. The first-order valence-electron chi connectivity index (χ1n) is 6.49. The minimum Gasteiger partial charge on any atom is -0.202 e. The van der Waals surface area contributed by atoms with Gasteiger partial charge in [0.05, 0.1) is 13.3 Å². The van der Waals surface area contributed by atoms with E-state index in [2.05, 4.69) is 6.58 Å². The predicted octanol–water partition coefficient (Wildman–Crippen LogP) is 5.15. The number of rotatable bonds is 0. The fraction of sp³-hybridized carbons (Fsp3) is 0. The average Bonchev–Trinajstić information content (AvgIpc) is 3.28. The van der Waals surface area contributed by atoms with Crippen LogP contribution in [0.5, 0.6) is 0 Å². The van der Waals surface area contributed by atoms with E-state index in [-0.39, 0.29) is 0 Å². The molecule has 116 valence electrons. The number of halogens is 2. The smallest absolute Gasteiger partial charge is 0.178 e. The molecule has 0 saturated heterocycles. The van der Waals surface area contributed by atoms with E-state index < -0.39 is 11.6 Å². The number of thioether (sulfide) groups is 2. The molecular weight excluding hydrogens is 391 g/mol. The summed E-state index contributed by atoms with van der Waals surface area (Å²) in [5, 5.41) is 4.05. The molecule has 3 aromatic heterocycles. The van der Waals surface area contributed by atoms with Crippen LogP contribution in [0.25, 0.3) is 10.8 Å². The Kier molecular flexibility index (Phi) is 4.23. The van der Waals surface area contributed by atoms with Crippen molar-refractivity contribution < 1.29 is 8.78 Å². The zero-order chi connectivity index (χ0) is 16.0. The molecule has 0 fully saturated rings. The number of hydrogen-bond donors (Lipinski definition) is 0. The highest BCUT2D eigenvalue weighted by Gasteiger charge is 2.12. The highest BCUT2D eigenvalue weighted by Crippen LogP contribution is 2.38. The maximum Gasteiger partial charge on any atom is 0.178 e. The largest absolute Gasteiger partial charge is 0.202 e. The van der Waals surface area contributed by atoms with Crippen molar-refractivity contribution in [1.29, 1.82) is 0 Å². The molecule has 1 aliphatic rings. The average molecular weight is 399 g/mol. The highest BCUT2D eigenvalue weighted by molar-refractivity contribution is 8.34. The summed E-state index contributed by atoms with van der Waals surface area (Å²) in [5.74, 6) is -1.52. The fourth-order valence-electron chi connectivity index (χ4n) is 2.10. The first-order valence-corrected chi connectivity index (χ1v) is 10.7. The van der Waals surface area contributed by atoms with Crippen molar-refractivity contribution in [2.75, 3.05) is 0 Å². The molecule has 0 unspecified atom stereocenters. The summed E-state index contributed by atoms with van der Waals surface area (Å²) >= 11 is 7.35. The number of thiophene rings is 3. The third-order valence-electron chi connectivity index (χ3n) is 3.12. The normalized spacial score (nSPS) is 17.2. The van der Waals surface area contributed by atoms with E-state index in [1.807, 2.05) is 29.0 Å². The summed E-state index contributed by atoms with van der Waals surface area (Å²) in [6, 6.07) is 7.45. The molecule has 0 saturated carbocycles. The van der Waals surface area contributed by atoms with E-state index in [4.69, 9.17) is 0 Å². The van der Waals surface area contributed by atoms with Crippen molar-refractivity contribution in [3.8, 4) is 0 Å². The minimum absolute atomic E-state index is 0.353. The molecule has 0 spiro atoms. The zero-order valence-corrected chi connectivity index (χ0v) is 15.6. The van der Waals surface area contributed by atoms with Gasteiger partial charge in [0.25, 0.3) is 0 Å². The molecule has 4 heterocycles. The summed E-state index contributed by atoms with van der Waals surface area (Å²) in [6.45, 7) is 3.83. The molecular formula is C16H8F2S5. The number of hydrogen-bond acceptors (Lipinski definition) is 5. The van der Waals surface area contributed by atoms with Crippen LogP contribution in [-0.2, 0) is 0 Å². The maximum atomic E-state index is 14.4. The molecule has 0 radical (unpaired) electrons. The van der Waals surface area contributed by atoms with E-state index in [1.165, 1.54) is 38.2 Å². The van der Waals surface area contributed by atoms with Gasteiger partial charge < -0.3 is 0 Å². The summed E-state index contributed by atoms with van der Waals surface area (Å²) in [7, 11) is 0. The first-order chi connectivity index (χ1) is 11.1. The molecule has 0 aliphatic carbocycles. The zero-order valence-electron chi connectivity index (χ0n) is 11.5. The van der Waals surface area contributed by atoms with E-state index in [0.29, 0.717) is 9.06 Å². The monoisotopic (exact) mass is 398 g/mol. The van der Waals surface area contributed by atoms with Gasteiger partial charge in [-0.15, -0.1) is 34.0 Å². The van der Waals surface area contributed by atoms with Crippen molar-refractivity contribution >= 4 is 68.4 Å². The van der Waals surface area contributed by atoms with Gasteiger partial charge in [-0.05, 0) is 35.1 Å². The molecule has 7 heteroatoms. The van der Waals surface area contributed by atoms with E-state index >= 15 is 0 Å². The van der Waals surface area contributed by atoms with Crippen molar-refractivity contribution in [3.05, 3.63) is 73.9 Å². The van der Waals surface area contributed by atoms with Crippen LogP contribution in [0.4, 0.5) is 8.78 Å². The molecule has 1 aliphatic heterocycles. The predicted molar refractivity (Wildman–Crippen MR) is 101 cm³/mol. The molecule has 3 aromatic rings. The summed E-state index contributed by atoms with van der Waals surface area (Å²) in [5.41, 5.74) is 0. The van der Waals surface area contributed by atoms with Crippen LogP contribution in [-0.4, -0.2) is 0 Å². The Balaban J connectivity index is 2.09. The molecule has 0 atom stereocenters. The SMILES string of the molecule is C=c1cc/c(=c2\s/c(=c3\ccc(=C4SC=CS4)s3)c(F)c2F)s1. The Hall–Kier alpha value is -0.860. The van der Waals surface area contributed by atoms with Gasteiger partial charge in [-0.25, -0.2) is 8.78 Å². The Labute approximate surface area is 150 Å². The molecule has 4 rings (SSSR count). The second kappa shape index (κ2) is 6.22. The lowest BCUT2D eigenvalue weighted by Crippen LogP contribution is -1.89. The minimum atomic E-state index is -0.763. The van der Waals surface area contributed by atoms with E-state index in [0.717, 1.165) is 18.1 Å². The van der Waals surface area contributed by atoms with Crippen molar-refractivity contribution in [3.63, 3.8) is 0 Å². The Morgan fingerprint density at radius 3 is 1.87 bits per heavy atom. The lowest BCUT2D eigenvalue weighted by Gasteiger charge is -1.87. The van der Waals surface area contributed by atoms with Crippen molar-refractivity contribution in [2.45, 2.75) is 0 Å². The first kappa shape index (κ1) is 15.7. The van der Waals surface area contributed by atoms with Crippen LogP contribution in [0, 0.1) is 29.8 Å². The summed E-state index contributed by atoms with van der Waals surface area (Å²) < 4.78 is 34.0. The lowest BCUT2D eigenvalue weighted by molar-refractivity contribution is 0.509. The lowest BCUT2D eigenvalue weighted by atomic mass is 10.4. The van der Waals surface area contributed by atoms with Gasteiger partial charge in [0.15, 0.2) is 11.6 Å². The second-order valence-corrected chi connectivity index (χ2v) is 9.98. The van der Waals surface area contributed by atoms with Gasteiger partial charge >= 0.3 is 0 Å². The van der Waals surface area contributed by atoms with Crippen LogP contribution in [0.1, 0.15) is 0 Å². The van der Waals surface area contributed by atoms with Crippen LogP contribution >= 0.6 is 57.5 Å². The van der Waals surface area contributed by atoms with Crippen LogP contribution in [0.15, 0.2) is 35.1 Å². The summed E-state index contributed by atoms with van der Waals surface area (Å²) in [4.78, 5) is 0. The Bertz CT molecular complexity index is 1200. The Morgan fingerprint density at radius 2 is 1.26 bits per heavy atom. The van der Waals surface area contributed by atoms with Gasteiger partial charge in [-0.3, -0.25) is 0 Å². The third-order valence-corrected chi connectivity index (χ3v) is 9.08. The van der Waals surface area contributed by atoms with Gasteiger partial charge in [-0.1, -0.05) is 30.1 Å². The van der Waals surface area contributed by atoms with Gasteiger partial charge in [0.1, 0.15) is 0 Å². The van der Waals surface area contributed by atoms with E-state index in [9.17, 15) is 8.78 Å². The van der Waals surface area contributed by atoms with Crippen molar-refractivity contribution in [1.82, 2.24) is 0 Å². The van der Waals surface area contributed by atoms with E-state index in [1.54, 1.807) is 29.6 Å². The fourth-order valence-corrected chi connectivity index (χ4v) is 7.17. The molecule has 0 bridgehead atoms. The van der Waals surface area contributed by atoms with Gasteiger partial charge in [-0.2, -0.15) is 0 Å². The highest BCUT2D eigenvalue weighted by atomic mass is 32.2. The Morgan fingerprint density at radius 1 is 0.696 bits per heavy atom. The molecule has 0 N–H and O–H groups in total. The standard InChI is InChI=1S/C16H8F2S5/c1-8-2-3-9(21-8)14-12(17)13(18)15(23-14)10-4-5-11(22-10)16-19-6-7-20-16/h2-7H,1H2/b14-9+,15-10+. The van der Waals surface area contributed by atoms with Gasteiger partial charge in [0.2, 0.25) is 0 Å². The third kappa shape index (κ3) is 2.85. The second-order valence-electron chi connectivity index (χ2n) is 4.61. The molecule has 23 heavy (non-hydrogen) atoms. The molecule has 0 nitrogen and oxygen atoms in total. The van der Waals surface area contributed by atoms with Gasteiger partial charge in [0, 0.05) is 18.1 Å². The quantitative estimate of drug-likeness (QED) is 0.514. The van der Waals surface area contributed by atoms with Crippen LogP contribution < -0.4 is 9.06 Å². The van der Waals surface area contributed by atoms with Crippen molar-refractivity contribution in [2.24, 2.45) is 0 Å². The van der Waals surface area contributed by atoms with Crippen LogP contribution in [0.2, 0.25) is 0 Å².